The third-order valence-corrected chi connectivity index (χ3v) is 5.56. The van der Waals surface area contributed by atoms with Gasteiger partial charge >= 0.3 is 0 Å². The monoisotopic (exact) mass is 272 g/mol. The van der Waals surface area contributed by atoms with Gasteiger partial charge in [-0.05, 0) is 32.6 Å². The van der Waals surface area contributed by atoms with Crippen molar-refractivity contribution in [1.82, 2.24) is 10.2 Å². The van der Waals surface area contributed by atoms with E-state index in [-0.39, 0.29) is 23.4 Å². The van der Waals surface area contributed by atoms with E-state index in [0.717, 1.165) is 0 Å². The maximum Gasteiger partial charge on any atom is 0.240 e. The molecule has 1 saturated heterocycles. The normalized spacial score (nSPS) is 33.1. The lowest BCUT2D eigenvalue weighted by Gasteiger charge is -2.30. The molecule has 1 amide bonds. The van der Waals surface area contributed by atoms with Crippen molar-refractivity contribution in [2.75, 3.05) is 12.8 Å². The van der Waals surface area contributed by atoms with E-state index in [1.807, 2.05) is 18.7 Å². The van der Waals surface area contributed by atoms with E-state index in [1.165, 1.54) is 25.7 Å². The van der Waals surface area contributed by atoms with Crippen LogP contribution in [0.15, 0.2) is 0 Å². The Morgan fingerprint density at radius 1 is 1.44 bits per heavy atom. The molecule has 2 aliphatic rings. The summed E-state index contributed by atoms with van der Waals surface area (Å²) in [4.78, 5) is 14.1. The number of hydrogen-bond acceptors (Lipinski definition) is 3. The van der Waals surface area contributed by atoms with Crippen molar-refractivity contribution in [3.05, 3.63) is 0 Å². The van der Waals surface area contributed by atoms with Gasteiger partial charge in [-0.1, -0.05) is 12.8 Å². The van der Waals surface area contributed by atoms with Gasteiger partial charge in [-0.3, -0.25) is 14.3 Å². The molecular weight excluding hydrogens is 248 g/mol. The van der Waals surface area contributed by atoms with E-state index in [0.29, 0.717) is 12.5 Å². The van der Waals surface area contributed by atoms with Crippen LogP contribution in [0, 0.1) is 5.92 Å². The van der Waals surface area contributed by atoms with Crippen LogP contribution in [-0.2, 0) is 15.6 Å². The molecule has 1 aliphatic carbocycles. The highest BCUT2D eigenvalue weighted by molar-refractivity contribution is 7.84. The fourth-order valence-electron chi connectivity index (χ4n) is 3.05. The molecule has 4 nitrogen and oxygen atoms in total. The minimum absolute atomic E-state index is 0.0463. The summed E-state index contributed by atoms with van der Waals surface area (Å²) < 4.78 is 11.5. The van der Waals surface area contributed by atoms with Gasteiger partial charge in [-0.25, -0.2) is 0 Å². The van der Waals surface area contributed by atoms with E-state index in [9.17, 15) is 9.00 Å². The number of carbonyl (C=O) groups excluding carboxylic acids is 1. The van der Waals surface area contributed by atoms with Gasteiger partial charge in [-0.2, -0.15) is 0 Å². The van der Waals surface area contributed by atoms with Crippen LogP contribution in [0.2, 0.25) is 0 Å². The third kappa shape index (κ3) is 2.77. The first-order chi connectivity index (χ1) is 8.50. The van der Waals surface area contributed by atoms with Crippen LogP contribution < -0.4 is 5.32 Å². The molecule has 5 heteroatoms. The second-order valence-electron chi connectivity index (χ2n) is 5.68. The van der Waals surface area contributed by atoms with Crippen molar-refractivity contribution in [1.29, 1.82) is 0 Å². The van der Waals surface area contributed by atoms with Crippen LogP contribution in [0.25, 0.3) is 0 Å². The molecule has 0 radical (unpaired) electrons. The Balaban J connectivity index is 2.07. The zero-order valence-electron chi connectivity index (χ0n) is 11.5. The summed E-state index contributed by atoms with van der Waals surface area (Å²) in [5, 5.41) is 3.46. The largest absolute Gasteiger partial charge is 0.324 e. The SMILES string of the molecule is CC1NC(C2CCCC2)N(CC(C)S(C)=O)C1=O. The van der Waals surface area contributed by atoms with Gasteiger partial charge in [0.25, 0.3) is 0 Å². The Labute approximate surface area is 112 Å². The van der Waals surface area contributed by atoms with Crippen molar-refractivity contribution < 1.29 is 9.00 Å². The van der Waals surface area contributed by atoms with Gasteiger partial charge in [0.1, 0.15) is 0 Å². The molecule has 1 saturated carbocycles. The van der Waals surface area contributed by atoms with Crippen LogP contribution in [0.4, 0.5) is 0 Å². The topological polar surface area (TPSA) is 49.4 Å². The summed E-state index contributed by atoms with van der Waals surface area (Å²) in [6.45, 7) is 4.50. The predicted octanol–water partition coefficient (Wildman–Crippen LogP) is 1.09. The summed E-state index contributed by atoms with van der Waals surface area (Å²) >= 11 is 0. The number of hydrogen-bond donors (Lipinski definition) is 1. The molecule has 2 fully saturated rings. The van der Waals surface area contributed by atoms with E-state index < -0.39 is 10.8 Å². The van der Waals surface area contributed by atoms with E-state index in [1.54, 1.807) is 6.26 Å². The molecule has 0 bridgehead atoms. The second-order valence-corrected chi connectivity index (χ2v) is 7.48. The third-order valence-electron chi connectivity index (χ3n) is 4.28. The lowest BCUT2D eigenvalue weighted by molar-refractivity contribution is -0.130. The van der Waals surface area contributed by atoms with Crippen molar-refractivity contribution in [3.63, 3.8) is 0 Å². The molecule has 4 atom stereocenters. The van der Waals surface area contributed by atoms with Gasteiger partial charge in [0.15, 0.2) is 0 Å². The fourth-order valence-corrected chi connectivity index (χ4v) is 3.42. The maximum absolute atomic E-state index is 12.2. The summed E-state index contributed by atoms with van der Waals surface area (Å²) in [5.41, 5.74) is 0. The number of nitrogens with one attached hydrogen (secondary N) is 1. The van der Waals surface area contributed by atoms with Crippen molar-refractivity contribution >= 4 is 16.7 Å². The molecule has 0 aromatic carbocycles. The van der Waals surface area contributed by atoms with Gasteiger partial charge < -0.3 is 4.90 Å². The zero-order valence-corrected chi connectivity index (χ0v) is 12.3. The Hall–Kier alpha value is -0.420. The molecule has 2 rings (SSSR count). The minimum Gasteiger partial charge on any atom is -0.324 e. The first-order valence-corrected chi connectivity index (χ1v) is 8.51. The highest BCUT2D eigenvalue weighted by Gasteiger charge is 2.41. The number of nitrogens with zero attached hydrogens (tertiary/aromatic N) is 1. The first kappa shape index (κ1) is 14.0. The molecule has 0 aromatic heterocycles. The van der Waals surface area contributed by atoms with Crippen molar-refractivity contribution in [2.45, 2.75) is 57.0 Å². The Morgan fingerprint density at radius 2 is 2.06 bits per heavy atom. The Kier molecular flexibility index (Phi) is 4.43. The van der Waals surface area contributed by atoms with Gasteiger partial charge in [0.2, 0.25) is 5.91 Å². The zero-order chi connectivity index (χ0) is 13.3. The summed E-state index contributed by atoms with van der Waals surface area (Å²) in [6, 6.07) is -0.0897. The van der Waals surface area contributed by atoms with Gasteiger partial charge in [0.05, 0.1) is 12.2 Å². The lowest BCUT2D eigenvalue weighted by Crippen LogP contribution is -2.45. The maximum atomic E-state index is 12.2. The highest BCUT2D eigenvalue weighted by Crippen LogP contribution is 2.32. The number of carbonyl (C=O) groups is 1. The van der Waals surface area contributed by atoms with Gasteiger partial charge in [0, 0.05) is 28.9 Å². The molecule has 104 valence electrons. The Bertz CT molecular complexity index is 342. The molecule has 4 unspecified atom stereocenters. The van der Waals surface area contributed by atoms with Crippen molar-refractivity contribution in [3.8, 4) is 0 Å². The van der Waals surface area contributed by atoms with Crippen LogP contribution in [0.5, 0.6) is 0 Å². The number of rotatable bonds is 4. The van der Waals surface area contributed by atoms with Crippen LogP contribution >= 0.6 is 0 Å². The standard InChI is InChI=1S/C13H24N2O2S/c1-9(18(3)17)8-15-12(11-6-4-5-7-11)14-10(2)13(15)16/h9-12,14H,4-8H2,1-3H3. The highest BCUT2D eigenvalue weighted by atomic mass is 32.2. The predicted molar refractivity (Wildman–Crippen MR) is 73.6 cm³/mol. The van der Waals surface area contributed by atoms with Crippen LogP contribution in [-0.4, -0.2) is 45.3 Å². The average molecular weight is 272 g/mol. The van der Waals surface area contributed by atoms with E-state index in [2.05, 4.69) is 5.32 Å². The van der Waals surface area contributed by atoms with E-state index in [4.69, 9.17) is 0 Å². The molecular formula is C13H24N2O2S. The summed E-state index contributed by atoms with van der Waals surface area (Å²) in [7, 11) is -0.871. The molecule has 0 aromatic rings. The van der Waals surface area contributed by atoms with Crippen LogP contribution in [0.3, 0.4) is 0 Å². The molecule has 1 heterocycles. The minimum atomic E-state index is -0.871. The number of amides is 1. The van der Waals surface area contributed by atoms with E-state index >= 15 is 0 Å². The molecule has 18 heavy (non-hydrogen) atoms. The molecule has 0 spiro atoms. The van der Waals surface area contributed by atoms with Crippen LogP contribution in [0.1, 0.15) is 39.5 Å². The van der Waals surface area contributed by atoms with Gasteiger partial charge in [-0.15, -0.1) is 0 Å². The quantitative estimate of drug-likeness (QED) is 0.833. The summed E-state index contributed by atoms with van der Waals surface area (Å²) in [6.07, 6.45) is 6.84. The smallest absolute Gasteiger partial charge is 0.240 e. The Morgan fingerprint density at radius 3 is 2.61 bits per heavy atom. The fraction of sp³-hybridized carbons (Fsp3) is 0.923. The first-order valence-electron chi connectivity index (χ1n) is 6.89. The molecule has 1 N–H and O–H groups in total. The second kappa shape index (κ2) is 5.70. The lowest BCUT2D eigenvalue weighted by atomic mass is 10.0. The average Bonchev–Trinajstić information content (AvgIpc) is 2.92. The summed E-state index contributed by atoms with van der Waals surface area (Å²) in [5.74, 6) is 0.751. The van der Waals surface area contributed by atoms with Crippen molar-refractivity contribution in [2.24, 2.45) is 5.92 Å². The molecule has 1 aliphatic heterocycles.